The maximum absolute atomic E-state index is 5.24. The van der Waals surface area contributed by atoms with Crippen LogP contribution >= 0.6 is 11.3 Å². The lowest BCUT2D eigenvalue weighted by Gasteiger charge is -2.19. The topological polar surface area (TPSA) is 34.1 Å². The zero-order valence-corrected chi connectivity index (χ0v) is 11.7. The Balaban J connectivity index is 2.04. The number of hydrogen-bond donors (Lipinski definition) is 1. The van der Waals surface area contributed by atoms with Gasteiger partial charge in [0.05, 0.1) is 13.2 Å². The summed E-state index contributed by atoms with van der Waals surface area (Å²) in [5.41, 5.74) is 1.22. The summed E-state index contributed by atoms with van der Waals surface area (Å²) in [6.07, 6.45) is 1.84. The molecule has 96 valence electrons. The maximum Gasteiger partial charge on any atom is 0.119 e. The van der Waals surface area contributed by atoms with Crippen molar-refractivity contribution >= 4 is 11.3 Å². The van der Waals surface area contributed by atoms with Gasteiger partial charge in [-0.2, -0.15) is 0 Å². The zero-order chi connectivity index (χ0) is 13.0. The Labute approximate surface area is 112 Å². The molecule has 2 atom stereocenters. The van der Waals surface area contributed by atoms with Crippen LogP contribution in [0, 0.1) is 0 Å². The number of rotatable bonds is 5. The number of nitrogens with one attached hydrogen (secondary N) is 1. The summed E-state index contributed by atoms with van der Waals surface area (Å²) in [5.74, 6) is 0.892. The van der Waals surface area contributed by atoms with E-state index < -0.39 is 0 Å². The molecule has 2 unspecified atom stereocenters. The molecule has 0 saturated carbocycles. The highest BCUT2D eigenvalue weighted by molar-refractivity contribution is 7.09. The predicted molar refractivity (Wildman–Crippen MR) is 75.1 cm³/mol. The molecule has 2 rings (SSSR count). The first-order chi connectivity index (χ1) is 8.70. The fraction of sp³-hybridized carbons (Fsp3) is 0.357. The number of ether oxygens (including phenoxy) is 1. The Morgan fingerprint density at radius 3 is 2.78 bits per heavy atom. The van der Waals surface area contributed by atoms with E-state index in [9.17, 15) is 0 Å². The molecule has 1 aromatic carbocycles. The van der Waals surface area contributed by atoms with Gasteiger partial charge >= 0.3 is 0 Å². The lowest BCUT2D eigenvalue weighted by atomic mass is 10.1. The molecule has 0 radical (unpaired) electrons. The lowest BCUT2D eigenvalue weighted by Crippen LogP contribution is -2.22. The molecule has 3 nitrogen and oxygen atoms in total. The summed E-state index contributed by atoms with van der Waals surface area (Å²) >= 11 is 1.68. The van der Waals surface area contributed by atoms with Gasteiger partial charge in [-0.15, -0.1) is 11.3 Å². The van der Waals surface area contributed by atoms with E-state index >= 15 is 0 Å². The van der Waals surface area contributed by atoms with Gasteiger partial charge in [0.1, 0.15) is 10.8 Å². The van der Waals surface area contributed by atoms with Crippen LogP contribution < -0.4 is 10.1 Å². The van der Waals surface area contributed by atoms with E-state index in [1.54, 1.807) is 18.4 Å². The molecule has 1 heterocycles. The van der Waals surface area contributed by atoms with Gasteiger partial charge in [0.2, 0.25) is 0 Å². The van der Waals surface area contributed by atoms with Crippen molar-refractivity contribution in [2.75, 3.05) is 7.11 Å². The molecule has 1 aromatic heterocycles. The van der Waals surface area contributed by atoms with Crippen LogP contribution in [-0.4, -0.2) is 12.1 Å². The second-order valence-electron chi connectivity index (χ2n) is 4.26. The van der Waals surface area contributed by atoms with Gasteiger partial charge in [0.15, 0.2) is 0 Å². The first-order valence-electron chi connectivity index (χ1n) is 6.00. The van der Waals surface area contributed by atoms with Crippen molar-refractivity contribution in [1.82, 2.24) is 10.3 Å². The Hall–Kier alpha value is -1.39. The highest BCUT2D eigenvalue weighted by Crippen LogP contribution is 2.23. The second kappa shape index (κ2) is 5.98. The number of hydrogen-bond acceptors (Lipinski definition) is 4. The smallest absolute Gasteiger partial charge is 0.119 e. The first kappa shape index (κ1) is 13.1. The third-order valence-corrected chi connectivity index (χ3v) is 3.87. The van der Waals surface area contributed by atoms with Gasteiger partial charge in [-0.05, 0) is 31.5 Å². The van der Waals surface area contributed by atoms with Gasteiger partial charge in [-0.3, -0.25) is 0 Å². The van der Waals surface area contributed by atoms with E-state index in [1.807, 2.05) is 23.7 Å². The molecule has 0 saturated heterocycles. The third-order valence-electron chi connectivity index (χ3n) is 2.92. The molecule has 0 spiro atoms. The average Bonchev–Trinajstić information content (AvgIpc) is 2.92. The van der Waals surface area contributed by atoms with Crippen molar-refractivity contribution in [3.8, 4) is 5.75 Å². The van der Waals surface area contributed by atoms with E-state index in [1.165, 1.54) is 5.56 Å². The fourth-order valence-corrected chi connectivity index (χ4v) is 2.56. The van der Waals surface area contributed by atoms with Gasteiger partial charge in [0, 0.05) is 17.6 Å². The van der Waals surface area contributed by atoms with Crippen LogP contribution in [0.3, 0.4) is 0 Å². The van der Waals surface area contributed by atoms with Crippen LogP contribution in [0.1, 0.15) is 36.5 Å². The largest absolute Gasteiger partial charge is 0.497 e. The molecule has 1 N–H and O–H groups in total. The molecule has 0 aliphatic carbocycles. The molecule has 0 aliphatic heterocycles. The van der Waals surface area contributed by atoms with Crippen LogP contribution in [0.4, 0.5) is 0 Å². The number of methoxy groups -OCH3 is 1. The maximum atomic E-state index is 5.24. The van der Waals surface area contributed by atoms with Crippen molar-refractivity contribution in [3.05, 3.63) is 46.4 Å². The van der Waals surface area contributed by atoms with Crippen molar-refractivity contribution in [2.45, 2.75) is 25.9 Å². The van der Waals surface area contributed by atoms with Crippen molar-refractivity contribution in [1.29, 1.82) is 0 Å². The third kappa shape index (κ3) is 3.09. The second-order valence-corrected chi connectivity index (χ2v) is 5.18. The van der Waals surface area contributed by atoms with Crippen LogP contribution in [0.5, 0.6) is 5.75 Å². The summed E-state index contributed by atoms with van der Waals surface area (Å²) in [6.45, 7) is 4.29. The number of thiazole rings is 1. The summed E-state index contributed by atoms with van der Waals surface area (Å²) < 4.78 is 5.24. The lowest BCUT2D eigenvalue weighted by molar-refractivity contribution is 0.412. The molecule has 0 amide bonds. The standard InChI is InChI=1S/C14H18N2OS/c1-10(12-5-4-6-13(9-12)17-3)16-11(2)14-15-7-8-18-14/h4-11,16H,1-3H3. The highest BCUT2D eigenvalue weighted by atomic mass is 32.1. The van der Waals surface area contributed by atoms with E-state index in [0.717, 1.165) is 10.8 Å². The first-order valence-corrected chi connectivity index (χ1v) is 6.88. The summed E-state index contributed by atoms with van der Waals surface area (Å²) in [5, 5.41) is 6.66. The van der Waals surface area contributed by atoms with Crippen molar-refractivity contribution < 1.29 is 4.74 Å². The summed E-state index contributed by atoms with van der Waals surface area (Å²) in [4.78, 5) is 4.33. The van der Waals surface area contributed by atoms with Gasteiger partial charge in [-0.25, -0.2) is 4.98 Å². The molecule has 4 heteroatoms. The molecule has 2 aromatic rings. The summed E-state index contributed by atoms with van der Waals surface area (Å²) in [6, 6.07) is 8.66. The van der Waals surface area contributed by atoms with Crippen LogP contribution in [0.15, 0.2) is 35.8 Å². The van der Waals surface area contributed by atoms with Crippen LogP contribution in [0.2, 0.25) is 0 Å². The Morgan fingerprint density at radius 2 is 2.11 bits per heavy atom. The molecule has 0 fully saturated rings. The minimum Gasteiger partial charge on any atom is -0.497 e. The molecule has 18 heavy (non-hydrogen) atoms. The molecule has 0 aliphatic rings. The van der Waals surface area contributed by atoms with Crippen molar-refractivity contribution in [2.24, 2.45) is 0 Å². The van der Waals surface area contributed by atoms with Crippen LogP contribution in [-0.2, 0) is 0 Å². The highest BCUT2D eigenvalue weighted by Gasteiger charge is 2.13. The number of benzene rings is 1. The van der Waals surface area contributed by atoms with E-state index in [0.29, 0.717) is 0 Å². The van der Waals surface area contributed by atoms with E-state index in [2.05, 4.69) is 36.3 Å². The quantitative estimate of drug-likeness (QED) is 0.894. The van der Waals surface area contributed by atoms with Gasteiger partial charge in [-0.1, -0.05) is 12.1 Å². The average molecular weight is 262 g/mol. The minimum absolute atomic E-state index is 0.256. The van der Waals surface area contributed by atoms with E-state index in [-0.39, 0.29) is 12.1 Å². The van der Waals surface area contributed by atoms with Gasteiger partial charge < -0.3 is 10.1 Å². The van der Waals surface area contributed by atoms with E-state index in [4.69, 9.17) is 4.74 Å². The molecular weight excluding hydrogens is 244 g/mol. The fourth-order valence-electron chi connectivity index (χ4n) is 1.90. The minimum atomic E-state index is 0.256. The normalized spacial score (nSPS) is 14.2. The Kier molecular flexibility index (Phi) is 4.33. The van der Waals surface area contributed by atoms with Gasteiger partial charge in [0.25, 0.3) is 0 Å². The predicted octanol–water partition coefficient (Wildman–Crippen LogP) is 3.56. The molecular formula is C14H18N2OS. The summed E-state index contributed by atoms with van der Waals surface area (Å²) in [7, 11) is 1.69. The zero-order valence-electron chi connectivity index (χ0n) is 10.9. The number of aromatic nitrogens is 1. The van der Waals surface area contributed by atoms with Crippen LogP contribution in [0.25, 0.3) is 0 Å². The Morgan fingerprint density at radius 1 is 1.28 bits per heavy atom. The van der Waals surface area contributed by atoms with Crippen molar-refractivity contribution in [3.63, 3.8) is 0 Å². The number of nitrogens with zero attached hydrogens (tertiary/aromatic N) is 1. The monoisotopic (exact) mass is 262 g/mol. The SMILES string of the molecule is COc1cccc(C(C)NC(C)c2nccs2)c1. The Bertz CT molecular complexity index is 484. The molecule has 0 bridgehead atoms.